The number of benzene rings is 1. The van der Waals surface area contributed by atoms with E-state index >= 15 is 0 Å². The standard InChI is InChI=1S/C19H28O3/c1-19(2)21-14-17(15-22-19)18(20)13-9-4-3-6-10-16-11-7-5-8-12-16/h5,7-8,11-12,20H,3-4,6,9-10,13-15H2,1-2H3. The summed E-state index contributed by atoms with van der Waals surface area (Å²) in [5.74, 6) is -0.0696. The lowest BCUT2D eigenvalue weighted by Crippen LogP contribution is -2.36. The lowest BCUT2D eigenvalue weighted by molar-refractivity contribution is -0.226. The van der Waals surface area contributed by atoms with Gasteiger partial charge in [0.25, 0.3) is 0 Å². The molecule has 22 heavy (non-hydrogen) atoms. The third-order valence-electron chi connectivity index (χ3n) is 4.07. The first-order valence-corrected chi connectivity index (χ1v) is 8.28. The van der Waals surface area contributed by atoms with Gasteiger partial charge in [-0.2, -0.15) is 0 Å². The molecular formula is C19H28O3. The lowest BCUT2D eigenvalue weighted by atomic mass is 10.0. The topological polar surface area (TPSA) is 38.7 Å². The van der Waals surface area contributed by atoms with Crippen LogP contribution < -0.4 is 0 Å². The maximum absolute atomic E-state index is 10.1. The van der Waals surface area contributed by atoms with E-state index in [1.807, 2.05) is 13.8 Å². The Hall–Kier alpha value is -1.32. The van der Waals surface area contributed by atoms with E-state index in [9.17, 15) is 5.11 Å². The molecule has 0 spiro atoms. The zero-order valence-electron chi connectivity index (χ0n) is 13.8. The molecule has 0 aromatic heterocycles. The van der Waals surface area contributed by atoms with Crippen molar-refractivity contribution >= 4 is 0 Å². The highest BCUT2D eigenvalue weighted by atomic mass is 16.7. The predicted octanol–water partition coefficient (Wildman–Crippen LogP) is 4.77. The van der Waals surface area contributed by atoms with Crippen LogP contribution in [0.25, 0.3) is 0 Å². The minimum Gasteiger partial charge on any atom is -0.512 e. The SMILES string of the molecule is CC1(C)OCC(=C(O)CCCCCCc2ccccc2)CO1. The van der Waals surface area contributed by atoms with Gasteiger partial charge < -0.3 is 14.6 Å². The molecular weight excluding hydrogens is 276 g/mol. The Morgan fingerprint density at radius 3 is 2.32 bits per heavy atom. The van der Waals surface area contributed by atoms with Crippen LogP contribution in [0.5, 0.6) is 0 Å². The number of hydrogen-bond acceptors (Lipinski definition) is 3. The molecule has 1 heterocycles. The molecule has 1 saturated heterocycles. The fourth-order valence-electron chi connectivity index (χ4n) is 2.57. The van der Waals surface area contributed by atoms with Gasteiger partial charge in [0, 0.05) is 12.0 Å². The Labute approximate surface area is 134 Å². The molecule has 0 bridgehead atoms. The molecule has 0 unspecified atom stereocenters. The van der Waals surface area contributed by atoms with E-state index in [-0.39, 0.29) is 0 Å². The first-order chi connectivity index (χ1) is 10.6. The van der Waals surface area contributed by atoms with Crippen molar-refractivity contribution in [2.24, 2.45) is 0 Å². The van der Waals surface area contributed by atoms with E-state index in [4.69, 9.17) is 9.47 Å². The second-order valence-corrected chi connectivity index (χ2v) is 6.43. The molecule has 3 heteroatoms. The second kappa shape index (κ2) is 8.35. The normalized spacial score (nSPS) is 17.5. The monoisotopic (exact) mass is 304 g/mol. The van der Waals surface area contributed by atoms with Gasteiger partial charge in [-0.05, 0) is 38.7 Å². The number of allylic oxidation sites excluding steroid dienone is 1. The third kappa shape index (κ3) is 5.82. The van der Waals surface area contributed by atoms with Gasteiger partial charge in [0.05, 0.1) is 19.0 Å². The van der Waals surface area contributed by atoms with Crippen LogP contribution in [0.4, 0.5) is 0 Å². The highest BCUT2D eigenvalue weighted by molar-refractivity contribution is 5.14. The molecule has 1 aromatic rings. The van der Waals surface area contributed by atoms with Crippen molar-refractivity contribution in [2.45, 2.75) is 58.2 Å². The van der Waals surface area contributed by atoms with E-state index in [1.165, 1.54) is 18.4 Å². The fraction of sp³-hybridized carbons (Fsp3) is 0.579. The Morgan fingerprint density at radius 2 is 1.64 bits per heavy atom. The van der Waals surface area contributed by atoms with E-state index in [1.54, 1.807) is 0 Å². The number of unbranched alkanes of at least 4 members (excludes halogenated alkanes) is 3. The number of rotatable bonds is 7. The van der Waals surface area contributed by atoms with E-state index < -0.39 is 5.79 Å². The van der Waals surface area contributed by atoms with E-state index in [0.29, 0.717) is 19.0 Å². The zero-order valence-corrected chi connectivity index (χ0v) is 13.8. The van der Waals surface area contributed by atoms with E-state index in [0.717, 1.165) is 31.3 Å². The minimum atomic E-state index is -0.527. The van der Waals surface area contributed by atoms with Crippen LogP contribution in [-0.2, 0) is 15.9 Å². The summed E-state index contributed by atoms with van der Waals surface area (Å²) in [6.45, 7) is 4.75. The van der Waals surface area contributed by atoms with Crippen molar-refractivity contribution in [1.29, 1.82) is 0 Å². The maximum Gasteiger partial charge on any atom is 0.163 e. The lowest BCUT2D eigenvalue weighted by Gasteiger charge is -2.32. The summed E-state index contributed by atoms with van der Waals surface area (Å²) in [6, 6.07) is 10.6. The molecule has 0 amide bonds. The van der Waals surface area contributed by atoms with Crippen LogP contribution >= 0.6 is 0 Å². The van der Waals surface area contributed by atoms with Crippen LogP contribution in [0.3, 0.4) is 0 Å². The van der Waals surface area contributed by atoms with Crippen molar-refractivity contribution in [3.8, 4) is 0 Å². The van der Waals surface area contributed by atoms with Crippen molar-refractivity contribution in [3.63, 3.8) is 0 Å². The summed E-state index contributed by atoms with van der Waals surface area (Å²) in [5.41, 5.74) is 2.30. The predicted molar refractivity (Wildman–Crippen MR) is 88.9 cm³/mol. The zero-order chi connectivity index (χ0) is 15.8. The maximum atomic E-state index is 10.1. The molecule has 0 atom stereocenters. The van der Waals surface area contributed by atoms with Crippen LogP contribution in [0.15, 0.2) is 41.7 Å². The van der Waals surface area contributed by atoms with Gasteiger partial charge in [0.15, 0.2) is 5.79 Å². The van der Waals surface area contributed by atoms with Gasteiger partial charge in [-0.1, -0.05) is 43.2 Å². The smallest absolute Gasteiger partial charge is 0.163 e. The fourth-order valence-corrected chi connectivity index (χ4v) is 2.57. The summed E-state index contributed by atoms with van der Waals surface area (Å²) in [5, 5.41) is 10.1. The van der Waals surface area contributed by atoms with Gasteiger partial charge in [-0.15, -0.1) is 0 Å². The largest absolute Gasteiger partial charge is 0.512 e. The van der Waals surface area contributed by atoms with Crippen molar-refractivity contribution < 1.29 is 14.6 Å². The first kappa shape index (κ1) is 17.0. The minimum absolute atomic E-state index is 0.457. The molecule has 0 aliphatic carbocycles. The number of aliphatic hydroxyl groups is 1. The third-order valence-corrected chi connectivity index (χ3v) is 4.07. The van der Waals surface area contributed by atoms with Crippen molar-refractivity contribution in [2.75, 3.05) is 13.2 Å². The second-order valence-electron chi connectivity index (χ2n) is 6.43. The Bertz CT molecular complexity index is 465. The van der Waals surface area contributed by atoms with Gasteiger partial charge in [0.2, 0.25) is 0 Å². The van der Waals surface area contributed by atoms with Crippen LogP contribution in [-0.4, -0.2) is 24.1 Å². The highest BCUT2D eigenvalue weighted by Crippen LogP contribution is 2.23. The summed E-state index contributed by atoms with van der Waals surface area (Å²) < 4.78 is 11.1. The number of aliphatic hydroxyl groups excluding tert-OH is 1. The van der Waals surface area contributed by atoms with Crippen LogP contribution in [0.2, 0.25) is 0 Å². The van der Waals surface area contributed by atoms with Gasteiger partial charge in [0.1, 0.15) is 0 Å². The van der Waals surface area contributed by atoms with Crippen LogP contribution in [0.1, 0.15) is 51.5 Å². The Balaban J connectivity index is 1.58. The number of hydrogen-bond donors (Lipinski definition) is 1. The Morgan fingerprint density at radius 1 is 1.00 bits per heavy atom. The van der Waals surface area contributed by atoms with Gasteiger partial charge in [-0.3, -0.25) is 0 Å². The van der Waals surface area contributed by atoms with E-state index in [2.05, 4.69) is 30.3 Å². The number of ether oxygens (including phenoxy) is 2. The summed E-state index contributed by atoms with van der Waals surface area (Å²) in [4.78, 5) is 0. The summed E-state index contributed by atoms with van der Waals surface area (Å²) >= 11 is 0. The molecule has 0 saturated carbocycles. The molecule has 3 nitrogen and oxygen atoms in total. The molecule has 1 fully saturated rings. The average molecular weight is 304 g/mol. The van der Waals surface area contributed by atoms with Crippen LogP contribution in [0, 0.1) is 0 Å². The average Bonchev–Trinajstić information content (AvgIpc) is 2.51. The molecule has 1 aliphatic rings. The first-order valence-electron chi connectivity index (χ1n) is 8.28. The van der Waals surface area contributed by atoms with Crippen molar-refractivity contribution in [3.05, 3.63) is 47.2 Å². The molecule has 1 aromatic carbocycles. The molecule has 1 N–H and O–H groups in total. The molecule has 0 radical (unpaired) electrons. The van der Waals surface area contributed by atoms with Gasteiger partial charge >= 0.3 is 0 Å². The van der Waals surface area contributed by atoms with Gasteiger partial charge in [-0.25, -0.2) is 0 Å². The molecule has 1 aliphatic heterocycles. The molecule has 2 rings (SSSR count). The highest BCUT2D eigenvalue weighted by Gasteiger charge is 2.26. The summed E-state index contributed by atoms with van der Waals surface area (Å²) in [6.07, 6.45) is 6.46. The number of aryl methyl sites for hydroxylation is 1. The summed E-state index contributed by atoms with van der Waals surface area (Å²) in [7, 11) is 0. The molecule has 122 valence electrons. The quantitative estimate of drug-likeness (QED) is 0.582. The Kier molecular flexibility index (Phi) is 6.47. The van der Waals surface area contributed by atoms with Crippen molar-refractivity contribution in [1.82, 2.24) is 0 Å².